The molecule has 27 heavy (non-hydrogen) atoms. The van der Waals surface area contributed by atoms with Crippen LogP contribution in [0.3, 0.4) is 0 Å². The summed E-state index contributed by atoms with van der Waals surface area (Å²) >= 11 is 0. The van der Waals surface area contributed by atoms with E-state index < -0.39 is 11.6 Å². The summed E-state index contributed by atoms with van der Waals surface area (Å²) in [6.07, 6.45) is 0.794. The van der Waals surface area contributed by atoms with Gasteiger partial charge in [0.25, 0.3) is 0 Å². The lowest BCUT2D eigenvalue weighted by Gasteiger charge is -2.13. The average Bonchev–Trinajstić information content (AvgIpc) is 3.14. The number of aliphatic imine (C=N–C) groups is 1. The van der Waals surface area contributed by atoms with Crippen LogP contribution in [0.5, 0.6) is 17.2 Å². The Morgan fingerprint density at radius 3 is 2.67 bits per heavy atom. The van der Waals surface area contributed by atoms with Gasteiger partial charge in [0.15, 0.2) is 29.1 Å². The fraction of sp³-hybridized carbons (Fsp3) is 0.316. The zero-order valence-corrected chi connectivity index (χ0v) is 14.9. The molecule has 1 heterocycles. The molecular formula is C19H21F2N3O3. The van der Waals surface area contributed by atoms with Crippen molar-refractivity contribution in [2.45, 2.75) is 6.42 Å². The molecule has 0 saturated heterocycles. The molecule has 0 fully saturated rings. The lowest BCUT2D eigenvalue weighted by Crippen LogP contribution is -2.40. The number of hydrogen-bond donors (Lipinski definition) is 2. The summed E-state index contributed by atoms with van der Waals surface area (Å²) < 4.78 is 42.0. The van der Waals surface area contributed by atoms with Crippen LogP contribution in [-0.4, -0.2) is 39.5 Å². The molecule has 0 atom stereocenters. The van der Waals surface area contributed by atoms with Crippen LogP contribution in [0, 0.1) is 11.6 Å². The van der Waals surface area contributed by atoms with E-state index in [1.807, 2.05) is 18.2 Å². The van der Waals surface area contributed by atoms with Crippen LogP contribution in [0.1, 0.15) is 5.56 Å². The van der Waals surface area contributed by atoms with Crippen molar-refractivity contribution in [3.63, 3.8) is 0 Å². The number of fused-ring (bicyclic) bond motifs is 1. The second kappa shape index (κ2) is 9.07. The number of nitrogens with zero attached hydrogens (tertiary/aromatic N) is 1. The first-order valence-electron chi connectivity index (χ1n) is 8.56. The maximum absolute atomic E-state index is 13.1. The third kappa shape index (κ3) is 5.22. The zero-order chi connectivity index (χ0) is 19.1. The Morgan fingerprint density at radius 2 is 1.85 bits per heavy atom. The third-order valence-corrected chi connectivity index (χ3v) is 3.92. The molecule has 1 aliphatic rings. The summed E-state index contributed by atoms with van der Waals surface area (Å²) in [6.45, 7) is 1.69. The highest BCUT2D eigenvalue weighted by Crippen LogP contribution is 2.32. The molecule has 0 radical (unpaired) electrons. The first-order chi connectivity index (χ1) is 13.2. The van der Waals surface area contributed by atoms with E-state index in [1.54, 1.807) is 7.05 Å². The monoisotopic (exact) mass is 377 g/mol. The molecule has 1 aliphatic heterocycles. The number of benzene rings is 2. The van der Waals surface area contributed by atoms with E-state index in [0.29, 0.717) is 19.0 Å². The molecule has 8 heteroatoms. The minimum atomic E-state index is -0.929. The number of hydrogen-bond acceptors (Lipinski definition) is 4. The number of halogens is 2. The maximum Gasteiger partial charge on any atom is 0.231 e. The van der Waals surface area contributed by atoms with Gasteiger partial charge in [0.05, 0.1) is 6.54 Å². The molecule has 2 aromatic rings. The van der Waals surface area contributed by atoms with Gasteiger partial charge in [0.1, 0.15) is 12.4 Å². The molecule has 3 rings (SSSR count). The Bertz CT molecular complexity index is 815. The van der Waals surface area contributed by atoms with Gasteiger partial charge >= 0.3 is 0 Å². The summed E-state index contributed by atoms with van der Waals surface area (Å²) in [5.41, 5.74) is 1.13. The molecule has 0 unspecified atom stereocenters. The molecule has 6 nitrogen and oxygen atoms in total. The summed E-state index contributed by atoms with van der Waals surface area (Å²) in [4.78, 5) is 4.13. The van der Waals surface area contributed by atoms with E-state index in [0.717, 1.165) is 35.6 Å². The van der Waals surface area contributed by atoms with Crippen LogP contribution in [0.15, 0.2) is 41.4 Å². The SMILES string of the molecule is CN=C(NCCOc1ccc(F)c(F)c1)NCCc1ccc2c(c1)OCO2. The molecule has 0 saturated carbocycles. The number of ether oxygens (including phenoxy) is 3. The third-order valence-electron chi connectivity index (χ3n) is 3.92. The molecule has 0 spiro atoms. The van der Waals surface area contributed by atoms with Gasteiger partial charge in [0.2, 0.25) is 6.79 Å². The number of guanidine groups is 1. The molecule has 0 aromatic heterocycles. The summed E-state index contributed by atoms with van der Waals surface area (Å²) in [7, 11) is 1.67. The first-order valence-corrected chi connectivity index (χ1v) is 8.56. The van der Waals surface area contributed by atoms with Gasteiger partial charge in [-0.1, -0.05) is 6.07 Å². The summed E-state index contributed by atoms with van der Waals surface area (Å²) in [5, 5.41) is 6.30. The molecule has 0 bridgehead atoms. The Labute approximate surface area is 156 Å². The first kappa shape index (κ1) is 18.8. The topological polar surface area (TPSA) is 64.1 Å². The standard InChI is InChI=1S/C19H21F2N3O3/c1-22-19(24-8-9-25-14-3-4-15(20)16(21)11-14)23-7-6-13-2-5-17-18(10-13)27-12-26-17/h2-5,10-11H,6-9,12H2,1H3,(H2,22,23,24). The lowest BCUT2D eigenvalue weighted by atomic mass is 10.1. The largest absolute Gasteiger partial charge is 0.492 e. The highest BCUT2D eigenvalue weighted by Gasteiger charge is 2.13. The number of rotatable bonds is 7. The van der Waals surface area contributed by atoms with Crippen molar-refractivity contribution in [2.75, 3.05) is 33.5 Å². The fourth-order valence-electron chi connectivity index (χ4n) is 2.55. The molecule has 144 valence electrons. The molecule has 2 aromatic carbocycles. The molecule has 0 amide bonds. The average molecular weight is 377 g/mol. The summed E-state index contributed by atoms with van der Waals surface area (Å²) in [6, 6.07) is 9.32. The Balaban J connectivity index is 1.36. The van der Waals surface area contributed by atoms with Gasteiger partial charge in [-0.2, -0.15) is 0 Å². The van der Waals surface area contributed by atoms with Crippen LogP contribution in [0.25, 0.3) is 0 Å². The van der Waals surface area contributed by atoms with Crippen molar-refractivity contribution < 1.29 is 23.0 Å². The molecule has 2 N–H and O–H groups in total. The smallest absolute Gasteiger partial charge is 0.231 e. The van der Waals surface area contributed by atoms with Crippen LogP contribution in [0.4, 0.5) is 8.78 Å². The van der Waals surface area contributed by atoms with Crippen molar-refractivity contribution in [1.82, 2.24) is 10.6 Å². The highest BCUT2D eigenvalue weighted by molar-refractivity contribution is 5.79. The van der Waals surface area contributed by atoms with E-state index in [4.69, 9.17) is 14.2 Å². The highest BCUT2D eigenvalue weighted by atomic mass is 19.2. The minimum Gasteiger partial charge on any atom is -0.492 e. The normalized spacial score (nSPS) is 12.8. The van der Waals surface area contributed by atoms with Crippen LogP contribution >= 0.6 is 0 Å². The second-order valence-electron chi connectivity index (χ2n) is 5.79. The molecule has 0 aliphatic carbocycles. The second-order valence-corrected chi connectivity index (χ2v) is 5.79. The summed E-state index contributed by atoms with van der Waals surface area (Å²) in [5.74, 6) is 0.620. The number of nitrogens with one attached hydrogen (secondary N) is 2. The van der Waals surface area contributed by atoms with Crippen LogP contribution < -0.4 is 24.8 Å². The van der Waals surface area contributed by atoms with Crippen molar-refractivity contribution in [2.24, 2.45) is 4.99 Å². The van der Waals surface area contributed by atoms with Crippen molar-refractivity contribution in [3.8, 4) is 17.2 Å². The van der Waals surface area contributed by atoms with Crippen molar-refractivity contribution in [3.05, 3.63) is 53.6 Å². The van der Waals surface area contributed by atoms with Crippen LogP contribution in [0.2, 0.25) is 0 Å². The van der Waals surface area contributed by atoms with E-state index in [-0.39, 0.29) is 19.1 Å². The maximum atomic E-state index is 13.1. The Morgan fingerprint density at radius 1 is 1.04 bits per heavy atom. The minimum absolute atomic E-state index is 0.264. The van der Waals surface area contributed by atoms with E-state index in [1.165, 1.54) is 6.07 Å². The van der Waals surface area contributed by atoms with Gasteiger partial charge in [0, 0.05) is 19.7 Å². The Kier molecular flexibility index (Phi) is 6.30. The predicted octanol–water partition coefficient (Wildman–Crippen LogP) is 2.48. The fourth-order valence-corrected chi connectivity index (χ4v) is 2.55. The van der Waals surface area contributed by atoms with E-state index in [2.05, 4.69) is 15.6 Å². The quantitative estimate of drug-likeness (QED) is 0.441. The zero-order valence-electron chi connectivity index (χ0n) is 14.9. The van der Waals surface area contributed by atoms with E-state index in [9.17, 15) is 8.78 Å². The van der Waals surface area contributed by atoms with Crippen molar-refractivity contribution in [1.29, 1.82) is 0 Å². The van der Waals surface area contributed by atoms with Gasteiger partial charge in [-0.25, -0.2) is 8.78 Å². The van der Waals surface area contributed by atoms with Gasteiger partial charge in [-0.3, -0.25) is 4.99 Å². The van der Waals surface area contributed by atoms with Gasteiger partial charge in [-0.05, 0) is 36.2 Å². The predicted molar refractivity (Wildman–Crippen MR) is 97.5 cm³/mol. The van der Waals surface area contributed by atoms with Crippen molar-refractivity contribution >= 4 is 5.96 Å². The molecular weight excluding hydrogens is 356 g/mol. The van der Waals surface area contributed by atoms with E-state index >= 15 is 0 Å². The van der Waals surface area contributed by atoms with Gasteiger partial charge < -0.3 is 24.8 Å². The lowest BCUT2D eigenvalue weighted by molar-refractivity contribution is 0.174. The Hall–Kier alpha value is -3.03. The van der Waals surface area contributed by atoms with Gasteiger partial charge in [-0.15, -0.1) is 0 Å². The van der Waals surface area contributed by atoms with Crippen LogP contribution in [-0.2, 0) is 6.42 Å².